The van der Waals surface area contributed by atoms with Crippen molar-refractivity contribution in [3.63, 3.8) is 0 Å². The summed E-state index contributed by atoms with van der Waals surface area (Å²) in [5, 5.41) is 3.12. The van der Waals surface area contributed by atoms with Gasteiger partial charge >= 0.3 is 0 Å². The second kappa shape index (κ2) is 6.08. The molecular formula is C11H11ClN4S2. The molecule has 0 saturated carbocycles. The predicted octanol–water partition coefficient (Wildman–Crippen LogP) is 2.48. The molecule has 0 aliphatic heterocycles. The van der Waals surface area contributed by atoms with Crippen molar-refractivity contribution in [1.29, 1.82) is 0 Å². The lowest BCUT2D eigenvalue weighted by atomic mass is 10.3. The molecule has 2 aromatic heterocycles. The Balaban J connectivity index is 1.90. The van der Waals surface area contributed by atoms with Gasteiger partial charge in [-0.15, -0.1) is 11.3 Å². The highest BCUT2D eigenvalue weighted by Crippen LogP contribution is 2.21. The van der Waals surface area contributed by atoms with E-state index in [-0.39, 0.29) is 4.99 Å². The van der Waals surface area contributed by atoms with E-state index < -0.39 is 0 Å². The van der Waals surface area contributed by atoms with Crippen molar-refractivity contribution in [3.05, 3.63) is 39.3 Å². The average Bonchev–Trinajstić information content (AvgIpc) is 2.75. The number of hydrogen-bond acceptors (Lipinski definition) is 5. The van der Waals surface area contributed by atoms with Crippen LogP contribution in [-0.4, -0.2) is 21.5 Å². The molecule has 0 aromatic carbocycles. The first kappa shape index (κ1) is 13.2. The Morgan fingerprint density at radius 1 is 1.44 bits per heavy atom. The summed E-state index contributed by atoms with van der Waals surface area (Å²) < 4.78 is 0.803. The third-order valence-corrected chi connectivity index (χ3v) is 3.69. The van der Waals surface area contributed by atoms with Crippen LogP contribution in [0.5, 0.6) is 0 Å². The summed E-state index contributed by atoms with van der Waals surface area (Å²) in [7, 11) is 0. The molecular weight excluding hydrogens is 288 g/mol. The molecule has 0 unspecified atom stereocenters. The zero-order chi connectivity index (χ0) is 13.0. The maximum Gasteiger partial charge on any atom is 0.223 e. The first-order valence-corrected chi connectivity index (χ1v) is 6.86. The van der Waals surface area contributed by atoms with E-state index in [4.69, 9.17) is 29.6 Å². The summed E-state index contributed by atoms with van der Waals surface area (Å²) in [5.41, 5.74) is 6.08. The number of hydrogen-bond donors (Lipinski definition) is 2. The SMILES string of the molecule is NC(=S)c1ccnc(NCCc2ccc(Cl)s2)n1. The van der Waals surface area contributed by atoms with Gasteiger partial charge in [0.2, 0.25) is 5.95 Å². The monoisotopic (exact) mass is 298 g/mol. The van der Waals surface area contributed by atoms with Crippen LogP contribution in [0.15, 0.2) is 24.4 Å². The number of nitrogens with zero attached hydrogens (tertiary/aromatic N) is 2. The summed E-state index contributed by atoms with van der Waals surface area (Å²) in [6.45, 7) is 0.734. The van der Waals surface area contributed by atoms with Crippen molar-refractivity contribution in [2.45, 2.75) is 6.42 Å². The molecule has 0 radical (unpaired) electrons. The van der Waals surface area contributed by atoms with Gasteiger partial charge in [0.1, 0.15) is 10.7 Å². The van der Waals surface area contributed by atoms with Gasteiger partial charge in [-0.05, 0) is 24.6 Å². The number of nitrogens with one attached hydrogen (secondary N) is 1. The molecule has 0 bridgehead atoms. The normalized spacial score (nSPS) is 10.3. The number of thiophene rings is 1. The molecule has 0 aliphatic rings. The zero-order valence-electron chi connectivity index (χ0n) is 9.39. The van der Waals surface area contributed by atoms with Gasteiger partial charge < -0.3 is 11.1 Å². The summed E-state index contributed by atoms with van der Waals surface area (Å²) in [4.78, 5) is 9.79. The van der Waals surface area contributed by atoms with Gasteiger partial charge in [0.25, 0.3) is 0 Å². The molecule has 2 rings (SSSR count). The van der Waals surface area contributed by atoms with Crippen LogP contribution in [0, 0.1) is 0 Å². The van der Waals surface area contributed by atoms with E-state index in [0.717, 1.165) is 17.3 Å². The van der Waals surface area contributed by atoms with E-state index in [1.807, 2.05) is 12.1 Å². The Morgan fingerprint density at radius 3 is 2.94 bits per heavy atom. The van der Waals surface area contributed by atoms with Gasteiger partial charge in [0, 0.05) is 17.6 Å². The quantitative estimate of drug-likeness (QED) is 0.830. The molecule has 0 fully saturated rings. The van der Waals surface area contributed by atoms with Crippen molar-refractivity contribution >= 4 is 46.1 Å². The Kier molecular flexibility index (Phi) is 4.46. The van der Waals surface area contributed by atoms with Crippen LogP contribution in [0.25, 0.3) is 0 Å². The lowest BCUT2D eigenvalue weighted by Crippen LogP contribution is -2.14. The topological polar surface area (TPSA) is 63.8 Å². The highest BCUT2D eigenvalue weighted by atomic mass is 35.5. The summed E-state index contributed by atoms with van der Waals surface area (Å²) in [6, 6.07) is 5.60. The number of halogens is 1. The highest BCUT2D eigenvalue weighted by Gasteiger charge is 2.02. The lowest BCUT2D eigenvalue weighted by Gasteiger charge is -2.04. The van der Waals surface area contributed by atoms with Gasteiger partial charge in [-0.1, -0.05) is 23.8 Å². The van der Waals surface area contributed by atoms with Gasteiger partial charge in [-0.2, -0.15) is 0 Å². The van der Waals surface area contributed by atoms with E-state index in [0.29, 0.717) is 11.6 Å². The Labute approximate surface area is 119 Å². The molecule has 0 aliphatic carbocycles. The van der Waals surface area contributed by atoms with Gasteiger partial charge in [-0.3, -0.25) is 0 Å². The average molecular weight is 299 g/mol. The van der Waals surface area contributed by atoms with E-state index >= 15 is 0 Å². The maximum atomic E-state index is 5.86. The van der Waals surface area contributed by atoms with Gasteiger partial charge in [0.05, 0.1) is 4.34 Å². The van der Waals surface area contributed by atoms with E-state index in [1.165, 1.54) is 4.88 Å². The third-order valence-electron chi connectivity index (χ3n) is 2.19. The molecule has 0 atom stereocenters. The van der Waals surface area contributed by atoms with Crippen molar-refractivity contribution < 1.29 is 0 Å². The Bertz CT molecular complexity index is 555. The fraction of sp³-hybridized carbons (Fsp3) is 0.182. The van der Waals surface area contributed by atoms with Crippen molar-refractivity contribution in [2.75, 3.05) is 11.9 Å². The Hall–Kier alpha value is -1.24. The largest absolute Gasteiger partial charge is 0.388 e. The van der Waals surface area contributed by atoms with Crippen LogP contribution >= 0.6 is 35.2 Å². The van der Waals surface area contributed by atoms with Crippen LogP contribution in [0.2, 0.25) is 4.34 Å². The molecule has 2 aromatic rings. The van der Waals surface area contributed by atoms with Crippen molar-refractivity contribution in [2.24, 2.45) is 5.73 Å². The van der Waals surface area contributed by atoms with Crippen LogP contribution in [0.3, 0.4) is 0 Å². The minimum Gasteiger partial charge on any atom is -0.388 e. The second-order valence-electron chi connectivity index (χ2n) is 3.51. The molecule has 2 heterocycles. The third kappa shape index (κ3) is 3.63. The molecule has 0 amide bonds. The first-order valence-electron chi connectivity index (χ1n) is 5.26. The van der Waals surface area contributed by atoms with E-state index in [9.17, 15) is 0 Å². The minimum atomic E-state index is 0.269. The van der Waals surface area contributed by atoms with Crippen LogP contribution in [0.1, 0.15) is 10.6 Å². The number of aromatic nitrogens is 2. The molecule has 18 heavy (non-hydrogen) atoms. The molecule has 94 valence electrons. The summed E-state index contributed by atoms with van der Waals surface area (Å²) in [6.07, 6.45) is 2.50. The number of anilines is 1. The first-order chi connectivity index (χ1) is 8.65. The standard InChI is InChI=1S/C11H11ClN4S2/c12-9-2-1-7(18-9)3-5-14-11-15-6-4-8(16-11)10(13)17/h1-2,4,6H,3,5H2,(H2,13,17)(H,14,15,16). The van der Waals surface area contributed by atoms with Crippen LogP contribution in [-0.2, 0) is 6.42 Å². The Morgan fingerprint density at radius 2 is 2.28 bits per heavy atom. The minimum absolute atomic E-state index is 0.269. The maximum absolute atomic E-state index is 5.86. The van der Waals surface area contributed by atoms with Gasteiger partial charge in [0.15, 0.2) is 0 Å². The summed E-state index contributed by atoms with van der Waals surface area (Å²) in [5.74, 6) is 0.531. The van der Waals surface area contributed by atoms with Gasteiger partial charge in [-0.25, -0.2) is 9.97 Å². The van der Waals surface area contributed by atoms with Crippen molar-refractivity contribution in [1.82, 2.24) is 9.97 Å². The molecule has 4 nitrogen and oxygen atoms in total. The highest BCUT2D eigenvalue weighted by molar-refractivity contribution is 7.80. The molecule has 0 saturated heterocycles. The predicted molar refractivity (Wildman–Crippen MR) is 79.4 cm³/mol. The van der Waals surface area contributed by atoms with Crippen LogP contribution in [0.4, 0.5) is 5.95 Å². The fourth-order valence-electron chi connectivity index (χ4n) is 1.36. The van der Waals surface area contributed by atoms with E-state index in [2.05, 4.69) is 15.3 Å². The number of thiocarbonyl (C=S) groups is 1. The lowest BCUT2D eigenvalue weighted by molar-refractivity contribution is 0.997. The van der Waals surface area contributed by atoms with E-state index in [1.54, 1.807) is 23.6 Å². The van der Waals surface area contributed by atoms with Crippen LogP contribution < -0.4 is 11.1 Å². The molecule has 0 spiro atoms. The number of rotatable bonds is 5. The zero-order valence-corrected chi connectivity index (χ0v) is 11.8. The molecule has 7 heteroatoms. The second-order valence-corrected chi connectivity index (χ2v) is 5.75. The smallest absolute Gasteiger partial charge is 0.223 e. The summed E-state index contributed by atoms with van der Waals surface area (Å²) >= 11 is 12.3. The van der Waals surface area contributed by atoms with Crippen molar-refractivity contribution in [3.8, 4) is 0 Å². The fourth-order valence-corrected chi connectivity index (χ4v) is 2.57. The number of nitrogens with two attached hydrogens (primary N) is 1. The molecule has 3 N–H and O–H groups in total.